The molecule has 1 N–H and O–H groups in total. The number of ether oxygens (including phenoxy) is 4. The number of aliphatic hydroxyl groups is 1. The second-order valence-electron chi connectivity index (χ2n) is 8.35. The second-order valence-corrected chi connectivity index (χ2v) is 8.35. The third kappa shape index (κ3) is 2.05. The first-order chi connectivity index (χ1) is 12.3. The predicted octanol–water partition coefficient (Wildman–Crippen LogP) is 0.511. The molecule has 0 amide bonds. The summed E-state index contributed by atoms with van der Waals surface area (Å²) >= 11 is 0. The van der Waals surface area contributed by atoms with Crippen molar-refractivity contribution in [2.24, 2.45) is 17.8 Å². The van der Waals surface area contributed by atoms with Crippen molar-refractivity contribution < 1.29 is 33.6 Å². The summed E-state index contributed by atoms with van der Waals surface area (Å²) < 4.78 is 22.2. The molecule has 3 aliphatic heterocycles. The monoisotopic (exact) mass is 362 g/mol. The Hall–Kier alpha value is -1.70. The van der Waals surface area contributed by atoms with E-state index in [0.29, 0.717) is 31.6 Å². The van der Waals surface area contributed by atoms with Gasteiger partial charge < -0.3 is 24.1 Å². The average molecular weight is 362 g/mol. The molecular formula is C19H22O7. The maximum Gasteiger partial charge on any atom is 0.341 e. The number of fused-ring (bicyclic) bond motifs is 4. The van der Waals surface area contributed by atoms with Crippen molar-refractivity contribution in [2.75, 3.05) is 13.2 Å². The molecule has 7 heteroatoms. The highest BCUT2D eigenvalue weighted by atomic mass is 16.6. The van der Waals surface area contributed by atoms with Gasteiger partial charge in [-0.25, -0.2) is 9.59 Å². The van der Waals surface area contributed by atoms with Gasteiger partial charge in [-0.15, -0.1) is 0 Å². The summed E-state index contributed by atoms with van der Waals surface area (Å²) in [4.78, 5) is 24.6. The molecule has 26 heavy (non-hydrogen) atoms. The first-order valence-corrected chi connectivity index (χ1v) is 9.02. The van der Waals surface area contributed by atoms with Gasteiger partial charge in [-0.2, -0.15) is 0 Å². The molecule has 5 rings (SSSR count). The molecule has 5 aliphatic rings. The Morgan fingerprint density at radius 3 is 2.54 bits per heavy atom. The molecule has 7 nitrogen and oxygen atoms in total. The molecule has 3 saturated heterocycles. The van der Waals surface area contributed by atoms with Crippen LogP contribution in [0.15, 0.2) is 24.3 Å². The molecule has 0 bridgehead atoms. The van der Waals surface area contributed by atoms with Gasteiger partial charge in [-0.3, -0.25) is 0 Å². The van der Waals surface area contributed by atoms with Crippen molar-refractivity contribution >= 4 is 11.9 Å². The van der Waals surface area contributed by atoms with Crippen LogP contribution in [0, 0.1) is 17.8 Å². The van der Waals surface area contributed by atoms with Gasteiger partial charge in [-0.1, -0.05) is 13.2 Å². The first kappa shape index (κ1) is 16.5. The summed E-state index contributed by atoms with van der Waals surface area (Å²) in [7, 11) is 0. The zero-order valence-corrected chi connectivity index (χ0v) is 14.6. The van der Waals surface area contributed by atoms with E-state index in [1.807, 2.05) is 0 Å². The minimum absolute atomic E-state index is 0.146. The topological polar surface area (TPSA) is 97.9 Å². The van der Waals surface area contributed by atoms with Crippen molar-refractivity contribution in [1.82, 2.24) is 0 Å². The molecule has 3 heterocycles. The van der Waals surface area contributed by atoms with E-state index in [0.717, 1.165) is 5.57 Å². The lowest BCUT2D eigenvalue weighted by Crippen LogP contribution is -2.40. The van der Waals surface area contributed by atoms with E-state index in [-0.39, 0.29) is 17.8 Å². The SMILES string of the molecule is C=C1C(=O)O[C@@H]2[C@@H]3[C@@H](C[C@H](O)[C@]34CO4)C(=C)[C@@H](OC(=O)[C@]3(C)CO3)C[C@@H]12. The molecular weight excluding hydrogens is 340 g/mol. The number of hydrogen-bond donors (Lipinski definition) is 1. The van der Waals surface area contributed by atoms with Crippen LogP contribution in [-0.4, -0.2) is 59.8 Å². The third-order valence-corrected chi connectivity index (χ3v) is 6.84. The molecule has 8 atom stereocenters. The van der Waals surface area contributed by atoms with Gasteiger partial charge in [0.2, 0.25) is 0 Å². The smallest absolute Gasteiger partial charge is 0.341 e. The van der Waals surface area contributed by atoms with E-state index in [2.05, 4.69) is 13.2 Å². The van der Waals surface area contributed by atoms with Crippen molar-refractivity contribution in [1.29, 1.82) is 0 Å². The molecule has 0 aromatic carbocycles. The van der Waals surface area contributed by atoms with Crippen LogP contribution in [0.5, 0.6) is 0 Å². The molecule has 0 radical (unpaired) electrons. The number of carbonyl (C=O) groups is 2. The molecule has 2 aliphatic carbocycles. The van der Waals surface area contributed by atoms with E-state index in [1.54, 1.807) is 6.92 Å². The highest BCUT2D eigenvalue weighted by Crippen LogP contribution is 2.60. The Bertz CT molecular complexity index is 732. The fraction of sp³-hybridized carbons (Fsp3) is 0.684. The van der Waals surface area contributed by atoms with Crippen molar-refractivity contribution in [3.63, 3.8) is 0 Å². The van der Waals surface area contributed by atoms with Crippen LogP contribution < -0.4 is 0 Å². The maximum atomic E-state index is 12.4. The number of rotatable bonds is 2. The Labute approximate surface area is 150 Å². The van der Waals surface area contributed by atoms with Crippen molar-refractivity contribution in [2.45, 2.75) is 49.3 Å². The highest BCUT2D eigenvalue weighted by molar-refractivity contribution is 5.91. The van der Waals surface area contributed by atoms with Crippen LogP contribution in [0.2, 0.25) is 0 Å². The normalized spacial score (nSPS) is 51.5. The summed E-state index contributed by atoms with van der Waals surface area (Å²) in [5.74, 6) is -1.48. The Morgan fingerprint density at radius 2 is 1.92 bits per heavy atom. The molecule has 0 aromatic rings. The summed E-state index contributed by atoms with van der Waals surface area (Å²) in [5, 5.41) is 10.6. The van der Waals surface area contributed by atoms with Crippen LogP contribution in [0.1, 0.15) is 19.8 Å². The van der Waals surface area contributed by atoms with Crippen LogP contribution in [0.3, 0.4) is 0 Å². The Morgan fingerprint density at radius 1 is 1.23 bits per heavy atom. The van der Waals surface area contributed by atoms with Crippen LogP contribution in [-0.2, 0) is 28.5 Å². The molecule has 0 aromatic heterocycles. The number of hydrogen-bond acceptors (Lipinski definition) is 7. The van der Waals surface area contributed by atoms with E-state index < -0.39 is 41.5 Å². The van der Waals surface area contributed by atoms with Crippen LogP contribution >= 0.6 is 0 Å². The quantitative estimate of drug-likeness (QED) is 0.331. The molecule has 140 valence electrons. The van der Waals surface area contributed by atoms with Gasteiger partial charge in [0.05, 0.1) is 19.3 Å². The lowest BCUT2D eigenvalue weighted by molar-refractivity contribution is -0.154. The second kappa shape index (κ2) is 4.97. The standard InChI is InChI=1S/C19H22O7/c1-8-10-5-13(20)19(7-24-19)14(10)15-11(9(2)16(21)26-15)4-12(8)25-17(22)18(3)6-23-18/h10-15,20H,1-2,4-7H2,3H3/t10-,11-,12-,13-,14-,15-,18-,19+/m0/s1. The largest absolute Gasteiger partial charge is 0.458 e. The molecule has 5 fully saturated rings. The van der Waals surface area contributed by atoms with Gasteiger partial charge in [0.15, 0.2) is 5.60 Å². The predicted molar refractivity (Wildman–Crippen MR) is 86.8 cm³/mol. The minimum Gasteiger partial charge on any atom is -0.458 e. The average Bonchev–Trinajstić information content (AvgIpc) is 3.49. The number of esters is 2. The summed E-state index contributed by atoms with van der Waals surface area (Å²) in [5.41, 5.74) is -0.445. The molecule has 2 saturated carbocycles. The zero-order chi connectivity index (χ0) is 18.4. The fourth-order valence-electron chi connectivity index (χ4n) is 4.96. The lowest BCUT2D eigenvalue weighted by Gasteiger charge is -2.28. The summed E-state index contributed by atoms with van der Waals surface area (Å²) in [6, 6.07) is 0. The van der Waals surface area contributed by atoms with Crippen LogP contribution in [0.4, 0.5) is 0 Å². The zero-order valence-electron chi connectivity index (χ0n) is 14.6. The lowest BCUT2D eigenvalue weighted by atomic mass is 9.79. The van der Waals surface area contributed by atoms with Gasteiger partial charge in [0.25, 0.3) is 0 Å². The third-order valence-electron chi connectivity index (χ3n) is 6.84. The first-order valence-electron chi connectivity index (χ1n) is 9.02. The summed E-state index contributed by atoms with van der Waals surface area (Å²) in [6.45, 7) is 10.6. The molecule has 0 unspecified atom stereocenters. The van der Waals surface area contributed by atoms with E-state index in [9.17, 15) is 14.7 Å². The van der Waals surface area contributed by atoms with E-state index >= 15 is 0 Å². The highest BCUT2D eigenvalue weighted by Gasteiger charge is 2.70. The van der Waals surface area contributed by atoms with E-state index in [4.69, 9.17) is 18.9 Å². The number of aliphatic hydroxyl groups excluding tert-OH is 1. The molecule has 1 spiro atoms. The van der Waals surface area contributed by atoms with Crippen molar-refractivity contribution in [3.8, 4) is 0 Å². The van der Waals surface area contributed by atoms with Gasteiger partial charge in [0, 0.05) is 17.4 Å². The number of carbonyl (C=O) groups excluding carboxylic acids is 2. The van der Waals surface area contributed by atoms with Crippen molar-refractivity contribution in [3.05, 3.63) is 24.3 Å². The minimum atomic E-state index is -0.888. The Kier molecular flexibility index (Phi) is 3.15. The van der Waals surface area contributed by atoms with Gasteiger partial charge >= 0.3 is 11.9 Å². The van der Waals surface area contributed by atoms with E-state index in [1.165, 1.54) is 0 Å². The van der Waals surface area contributed by atoms with Gasteiger partial charge in [0.1, 0.15) is 17.8 Å². The maximum absolute atomic E-state index is 12.4. The van der Waals surface area contributed by atoms with Crippen LogP contribution in [0.25, 0.3) is 0 Å². The summed E-state index contributed by atoms with van der Waals surface area (Å²) in [6.07, 6.45) is -0.805. The Balaban J connectivity index is 1.50. The fourth-order valence-corrected chi connectivity index (χ4v) is 4.96. The number of epoxide rings is 2. The van der Waals surface area contributed by atoms with Gasteiger partial charge in [-0.05, 0) is 31.3 Å².